The van der Waals surface area contributed by atoms with E-state index >= 15 is 0 Å². The van der Waals surface area contributed by atoms with Gasteiger partial charge in [0.1, 0.15) is 5.82 Å². The maximum absolute atomic E-state index is 13.5. The molecule has 1 fully saturated rings. The molecule has 21 heavy (non-hydrogen) atoms. The highest BCUT2D eigenvalue weighted by Gasteiger charge is 2.32. The summed E-state index contributed by atoms with van der Waals surface area (Å²) in [6, 6.07) is 3.61. The van der Waals surface area contributed by atoms with Crippen LogP contribution < -0.4 is 10.6 Å². The van der Waals surface area contributed by atoms with Gasteiger partial charge in [-0.2, -0.15) is 11.8 Å². The van der Waals surface area contributed by atoms with Crippen molar-refractivity contribution >= 4 is 35.1 Å². The first-order valence-corrected chi connectivity index (χ1v) is 8.28. The summed E-state index contributed by atoms with van der Waals surface area (Å²) < 4.78 is 18.9. The van der Waals surface area contributed by atoms with Gasteiger partial charge in [0.15, 0.2) is 0 Å². The van der Waals surface area contributed by atoms with E-state index in [1.165, 1.54) is 18.2 Å². The lowest BCUT2D eigenvalue weighted by atomic mass is 9.99. The molecule has 0 bridgehead atoms. The molecule has 116 valence electrons. The maximum atomic E-state index is 13.5. The Labute approximate surface area is 132 Å². The fraction of sp³-hybridized carbons (Fsp3) is 0.500. The second kappa shape index (κ2) is 7.33. The lowest BCUT2D eigenvalue weighted by Gasteiger charge is -2.35. The molecule has 1 heterocycles. The summed E-state index contributed by atoms with van der Waals surface area (Å²) in [5, 5.41) is 5.66. The van der Waals surface area contributed by atoms with Crippen LogP contribution in [0.15, 0.2) is 18.2 Å². The van der Waals surface area contributed by atoms with Gasteiger partial charge in [-0.25, -0.2) is 9.18 Å². The molecule has 7 heteroatoms. The first-order valence-electron chi connectivity index (χ1n) is 6.67. The van der Waals surface area contributed by atoms with Gasteiger partial charge in [0.05, 0.1) is 5.69 Å². The van der Waals surface area contributed by atoms with Crippen LogP contribution in [0.4, 0.5) is 14.9 Å². The normalized spacial score (nSPS) is 17.3. The van der Waals surface area contributed by atoms with Crippen LogP contribution in [0.3, 0.4) is 0 Å². The van der Waals surface area contributed by atoms with Gasteiger partial charge in [-0.15, -0.1) is 0 Å². The highest BCUT2D eigenvalue weighted by atomic mass is 35.5. The molecule has 1 aliphatic rings. The van der Waals surface area contributed by atoms with Crippen molar-refractivity contribution in [3.8, 4) is 0 Å². The van der Waals surface area contributed by atoms with Gasteiger partial charge >= 0.3 is 6.03 Å². The molecule has 0 spiro atoms. The predicted octanol–water partition coefficient (Wildman–Crippen LogP) is 3.51. The molecule has 2 rings (SSSR count). The molecule has 0 radical (unpaired) electrons. The number of thioether (sulfide) groups is 1. The molecule has 4 nitrogen and oxygen atoms in total. The lowest BCUT2D eigenvalue weighted by molar-refractivity contribution is 0.0778. The Morgan fingerprint density at radius 1 is 1.48 bits per heavy atom. The monoisotopic (exact) mass is 332 g/mol. The van der Waals surface area contributed by atoms with E-state index in [9.17, 15) is 9.18 Å². The molecular formula is C14H18ClFN2O2S. The zero-order chi connectivity index (χ0) is 15.3. The third-order valence-corrected chi connectivity index (χ3v) is 5.24. The van der Waals surface area contributed by atoms with E-state index in [1.807, 2.05) is 6.26 Å². The summed E-state index contributed by atoms with van der Waals surface area (Å²) in [6.45, 7) is 1.92. The minimum Gasteiger partial charge on any atom is -0.381 e. The molecule has 2 N–H and O–H groups in total. The number of nitrogens with one attached hydrogen (secondary N) is 2. The van der Waals surface area contributed by atoms with E-state index in [4.69, 9.17) is 16.3 Å². The molecular weight excluding hydrogens is 315 g/mol. The van der Waals surface area contributed by atoms with Gasteiger partial charge in [-0.05, 0) is 37.3 Å². The number of hydrogen-bond acceptors (Lipinski definition) is 3. The zero-order valence-corrected chi connectivity index (χ0v) is 13.3. The van der Waals surface area contributed by atoms with Crippen molar-refractivity contribution < 1.29 is 13.9 Å². The van der Waals surface area contributed by atoms with Crippen LogP contribution in [-0.2, 0) is 4.74 Å². The number of urea groups is 1. The van der Waals surface area contributed by atoms with Crippen molar-refractivity contribution in [3.05, 3.63) is 29.0 Å². The van der Waals surface area contributed by atoms with E-state index in [0.717, 1.165) is 12.8 Å². The summed E-state index contributed by atoms with van der Waals surface area (Å²) >= 11 is 7.52. The molecule has 0 aromatic heterocycles. The van der Waals surface area contributed by atoms with E-state index in [1.54, 1.807) is 11.8 Å². The highest BCUT2D eigenvalue weighted by molar-refractivity contribution is 8.00. The number of anilines is 1. The topological polar surface area (TPSA) is 50.4 Å². The van der Waals surface area contributed by atoms with Crippen molar-refractivity contribution in [1.29, 1.82) is 0 Å². The van der Waals surface area contributed by atoms with Crippen LogP contribution in [0.25, 0.3) is 0 Å². The summed E-state index contributed by atoms with van der Waals surface area (Å²) in [4.78, 5) is 11.9. The fourth-order valence-corrected chi connectivity index (χ4v) is 3.16. The molecule has 1 aromatic rings. The number of hydrogen-bond donors (Lipinski definition) is 2. The van der Waals surface area contributed by atoms with Crippen molar-refractivity contribution in [1.82, 2.24) is 5.32 Å². The van der Waals surface area contributed by atoms with Gasteiger partial charge in [0, 0.05) is 29.5 Å². The smallest absolute Gasteiger partial charge is 0.319 e. The average Bonchev–Trinajstić information content (AvgIpc) is 2.50. The number of rotatable bonds is 4. The number of benzene rings is 1. The van der Waals surface area contributed by atoms with Gasteiger partial charge in [-0.1, -0.05) is 11.6 Å². The van der Waals surface area contributed by atoms with E-state index in [2.05, 4.69) is 10.6 Å². The first kappa shape index (κ1) is 16.4. The Bertz CT molecular complexity index is 510. The zero-order valence-electron chi connectivity index (χ0n) is 11.7. The van der Waals surface area contributed by atoms with Crippen molar-refractivity contribution in [2.75, 3.05) is 31.3 Å². The Kier molecular flexibility index (Phi) is 5.72. The fourth-order valence-electron chi connectivity index (χ4n) is 2.20. The SMILES string of the molecule is CSC1(CNC(=O)Nc2cc(Cl)ccc2F)CCOCC1. The molecule has 2 amide bonds. The Hall–Kier alpha value is -0.980. The molecule has 1 aliphatic heterocycles. The maximum Gasteiger partial charge on any atom is 0.319 e. The van der Waals surface area contributed by atoms with E-state index < -0.39 is 11.8 Å². The minimum atomic E-state index is -0.514. The summed E-state index contributed by atoms with van der Waals surface area (Å²) in [7, 11) is 0. The number of carbonyl (C=O) groups is 1. The van der Waals surface area contributed by atoms with Crippen LogP contribution in [0, 0.1) is 5.82 Å². The quantitative estimate of drug-likeness (QED) is 0.887. The summed E-state index contributed by atoms with van der Waals surface area (Å²) in [5.41, 5.74) is 0.0742. The van der Waals surface area contributed by atoms with Crippen molar-refractivity contribution in [2.45, 2.75) is 17.6 Å². The van der Waals surface area contributed by atoms with Crippen LogP contribution in [0.1, 0.15) is 12.8 Å². The number of ether oxygens (including phenoxy) is 1. The third-order valence-electron chi connectivity index (χ3n) is 3.58. The van der Waals surface area contributed by atoms with Gasteiger partial charge < -0.3 is 15.4 Å². The summed E-state index contributed by atoms with van der Waals surface area (Å²) in [6.07, 6.45) is 3.81. The first-order chi connectivity index (χ1) is 10.0. The predicted molar refractivity (Wildman–Crippen MR) is 84.7 cm³/mol. The molecule has 0 aliphatic carbocycles. The van der Waals surface area contributed by atoms with Crippen molar-refractivity contribution in [2.24, 2.45) is 0 Å². The van der Waals surface area contributed by atoms with Gasteiger partial charge in [0.25, 0.3) is 0 Å². The number of amides is 2. The Morgan fingerprint density at radius 2 is 2.19 bits per heavy atom. The second-order valence-corrected chi connectivity index (χ2v) is 6.64. The standard InChI is InChI=1S/C14H18ClFN2O2S/c1-21-14(4-6-20-7-5-14)9-17-13(19)18-12-8-10(15)2-3-11(12)16/h2-3,8H,4-7,9H2,1H3,(H2,17,18,19). The average molecular weight is 333 g/mol. The molecule has 0 unspecified atom stereocenters. The highest BCUT2D eigenvalue weighted by Crippen LogP contribution is 2.33. The molecule has 0 saturated carbocycles. The third kappa shape index (κ3) is 4.49. The van der Waals surface area contributed by atoms with E-state index in [0.29, 0.717) is 24.8 Å². The summed E-state index contributed by atoms with van der Waals surface area (Å²) in [5.74, 6) is -0.514. The Balaban J connectivity index is 1.91. The Morgan fingerprint density at radius 3 is 2.86 bits per heavy atom. The molecule has 1 saturated heterocycles. The second-order valence-electron chi connectivity index (χ2n) is 4.93. The van der Waals surface area contributed by atoms with Crippen LogP contribution in [0.5, 0.6) is 0 Å². The van der Waals surface area contributed by atoms with Crippen LogP contribution in [0.2, 0.25) is 5.02 Å². The van der Waals surface area contributed by atoms with Crippen molar-refractivity contribution in [3.63, 3.8) is 0 Å². The lowest BCUT2D eigenvalue weighted by Crippen LogP contribution is -2.45. The largest absolute Gasteiger partial charge is 0.381 e. The molecule has 0 atom stereocenters. The van der Waals surface area contributed by atoms with Crippen LogP contribution >= 0.6 is 23.4 Å². The number of carbonyl (C=O) groups excluding carboxylic acids is 1. The van der Waals surface area contributed by atoms with Gasteiger partial charge in [-0.3, -0.25) is 0 Å². The van der Waals surface area contributed by atoms with Gasteiger partial charge in [0.2, 0.25) is 0 Å². The van der Waals surface area contributed by atoms with Crippen LogP contribution in [-0.4, -0.2) is 36.8 Å². The molecule has 1 aromatic carbocycles. The van der Waals surface area contributed by atoms with E-state index in [-0.39, 0.29) is 10.4 Å². The number of halogens is 2. The minimum absolute atomic E-state index is 0.0114.